The molecule has 0 amide bonds. The van der Waals surface area contributed by atoms with Crippen molar-refractivity contribution in [2.75, 3.05) is 13.2 Å². The van der Waals surface area contributed by atoms with E-state index in [-0.39, 0.29) is 5.82 Å². The topological polar surface area (TPSA) is 35.2 Å². The molecule has 0 bridgehead atoms. The minimum absolute atomic E-state index is 0.194. The number of halogens is 1. The van der Waals surface area contributed by atoms with Crippen molar-refractivity contribution >= 4 is 0 Å². The summed E-state index contributed by atoms with van der Waals surface area (Å²) in [5.41, 5.74) is 6.45. The summed E-state index contributed by atoms with van der Waals surface area (Å²) in [4.78, 5) is 0. The highest BCUT2D eigenvalue weighted by Gasteiger charge is 2.19. The first-order chi connectivity index (χ1) is 6.79. The summed E-state index contributed by atoms with van der Waals surface area (Å²) in [5.74, 6) is 1.06. The molecule has 1 heterocycles. The second-order valence-electron chi connectivity index (χ2n) is 3.71. The highest BCUT2D eigenvalue weighted by Crippen LogP contribution is 2.28. The predicted octanol–water partition coefficient (Wildman–Crippen LogP) is 1.73. The first-order valence-corrected chi connectivity index (χ1v) is 4.91. The van der Waals surface area contributed by atoms with Crippen LogP contribution in [0.2, 0.25) is 0 Å². The van der Waals surface area contributed by atoms with E-state index in [0.717, 1.165) is 24.2 Å². The van der Waals surface area contributed by atoms with E-state index in [1.54, 1.807) is 12.1 Å². The molecule has 1 aromatic carbocycles. The van der Waals surface area contributed by atoms with Gasteiger partial charge in [0.25, 0.3) is 0 Å². The van der Waals surface area contributed by atoms with Crippen molar-refractivity contribution < 1.29 is 9.13 Å². The fourth-order valence-electron chi connectivity index (χ4n) is 1.85. The van der Waals surface area contributed by atoms with E-state index in [4.69, 9.17) is 10.5 Å². The maximum absolute atomic E-state index is 12.9. The molecule has 0 aliphatic carbocycles. The lowest BCUT2D eigenvalue weighted by atomic mass is 9.94. The maximum atomic E-state index is 12.9. The lowest BCUT2D eigenvalue weighted by molar-refractivity contribution is 0.215. The molecule has 2 nitrogen and oxygen atoms in total. The Morgan fingerprint density at radius 2 is 2.36 bits per heavy atom. The number of fused-ring (bicyclic) bond motifs is 1. The van der Waals surface area contributed by atoms with Gasteiger partial charge in [0.15, 0.2) is 0 Å². The van der Waals surface area contributed by atoms with Crippen LogP contribution in [0.5, 0.6) is 5.75 Å². The summed E-state index contributed by atoms with van der Waals surface area (Å²) in [7, 11) is 0. The van der Waals surface area contributed by atoms with Gasteiger partial charge in [-0.2, -0.15) is 0 Å². The number of ether oxygens (including phenoxy) is 1. The van der Waals surface area contributed by atoms with Crippen LogP contribution in [0, 0.1) is 11.7 Å². The summed E-state index contributed by atoms with van der Waals surface area (Å²) in [5, 5.41) is 0. The van der Waals surface area contributed by atoms with Crippen molar-refractivity contribution in [3.63, 3.8) is 0 Å². The molecule has 14 heavy (non-hydrogen) atoms. The molecule has 2 rings (SSSR count). The predicted molar refractivity (Wildman–Crippen MR) is 52.8 cm³/mol. The van der Waals surface area contributed by atoms with Gasteiger partial charge in [-0.1, -0.05) is 0 Å². The molecule has 0 fully saturated rings. The fourth-order valence-corrected chi connectivity index (χ4v) is 1.85. The van der Waals surface area contributed by atoms with E-state index < -0.39 is 0 Å². The van der Waals surface area contributed by atoms with Crippen molar-refractivity contribution in [1.82, 2.24) is 0 Å². The van der Waals surface area contributed by atoms with E-state index in [0.29, 0.717) is 19.1 Å². The zero-order chi connectivity index (χ0) is 9.97. The Labute approximate surface area is 82.9 Å². The molecule has 1 aliphatic heterocycles. The van der Waals surface area contributed by atoms with Crippen molar-refractivity contribution in [1.29, 1.82) is 0 Å². The van der Waals surface area contributed by atoms with Gasteiger partial charge in [-0.15, -0.1) is 0 Å². The first kappa shape index (κ1) is 9.46. The van der Waals surface area contributed by atoms with Crippen LogP contribution in [0.4, 0.5) is 4.39 Å². The van der Waals surface area contributed by atoms with Crippen LogP contribution in [0.15, 0.2) is 18.2 Å². The molecule has 1 aromatic rings. The number of benzene rings is 1. The van der Waals surface area contributed by atoms with E-state index in [1.807, 2.05) is 0 Å². The molecule has 0 aromatic heterocycles. The third-order valence-electron chi connectivity index (χ3n) is 2.58. The molecule has 3 heteroatoms. The van der Waals surface area contributed by atoms with Crippen molar-refractivity contribution in [3.05, 3.63) is 29.6 Å². The molecule has 0 spiro atoms. The van der Waals surface area contributed by atoms with Crippen LogP contribution < -0.4 is 10.5 Å². The van der Waals surface area contributed by atoms with Crippen molar-refractivity contribution in [2.24, 2.45) is 11.7 Å². The van der Waals surface area contributed by atoms with Gasteiger partial charge in [-0.05, 0) is 49.1 Å². The number of rotatable bonds is 2. The van der Waals surface area contributed by atoms with Gasteiger partial charge in [0.2, 0.25) is 0 Å². The smallest absolute Gasteiger partial charge is 0.123 e. The van der Waals surface area contributed by atoms with Gasteiger partial charge in [-0.25, -0.2) is 4.39 Å². The number of hydrogen-bond donors (Lipinski definition) is 1. The largest absolute Gasteiger partial charge is 0.493 e. The molecule has 1 unspecified atom stereocenters. The molecule has 1 aliphatic rings. The van der Waals surface area contributed by atoms with Crippen LogP contribution in [-0.2, 0) is 6.42 Å². The summed E-state index contributed by atoms with van der Waals surface area (Å²) < 4.78 is 18.4. The standard InChI is InChI=1S/C11H14FNO/c12-10-1-2-11-9(6-10)5-8(3-4-13)7-14-11/h1-2,6,8H,3-5,7,13H2. The van der Waals surface area contributed by atoms with E-state index in [9.17, 15) is 4.39 Å². The summed E-state index contributed by atoms with van der Waals surface area (Å²) in [6.45, 7) is 1.37. The van der Waals surface area contributed by atoms with E-state index in [1.165, 1.54) is 6.07 Å². The molecule has 0 saturated heterocycles. The zero-order valence-electron chi connectivity index (χ0n) is 8.00. The van der Waals surface area contributed by atoms with Gasteiger partial charge in [-0.3, -0.25) is 0 Å². The van der Waals surface area contributed by atoms with Gasteiger partial charge in [0, 0.05) is 0 Å². The quantitative estimate of drug-likeness (QED) is 0.780. The van der Waals surface area contributed by atoms with Crippen molar-refractivity contribution in [2.45, 2.75) is 12.8 Å². The Kier molecular flexibility index (Phi) is 2.68. The fraction of sp³-hybridized carbons (Fsp3) is 0.455. The van der Waals surface area contributed by atoms with Crippen LogP contribution in [0.25, 0.3) is 0 Å². The molecule has 2 N–H and O–H groups in total. The molecule has 0 saturated carbocycles. The summed E-state index contributed by atoms with van der Waals surface area (Å²) >= 11 is 0. The Morgan fingerprint density at radius 3 is 3.14 bits per heavy atom. The first-order valence-electron chi connectivity index (χ1n) is 4.91. The zero-order valence-corrected chi connectivity index (χ0v) is 8.00. The van der Waals surface area contributed by atoms with Crippen molar-refractivity contribution in [3.8, 4) is 5.75 Å². The van der Waals surface area contributed by atoms with Crippen LogP contribution in [-0.4, -0.2) is 13.2 Å². The minimum Gasteiger partial charge on any atom is -0.493 e. The molecule has 0 radical (unpaired) electrons. The lowest BCUT2D eigenvalue weighted by Gasteiger charge is -2.24. The van der Waals surface area contributed by atoms with E-state index >= 15 is 0 Å². The second-order valence-corrected chi connectivity index (χ2v) is 3.71. The maximum Gasteiger partial charge on any atom is 0.123 e. The van der Waals surface area contributed by atoms with Gasteiger partial charge in [0.1, 0.15) is 11.6 Å². The van der Waals surface area contributed by atoms with E-state index in [2.05, 4.69) is 0 Å². The Hall–Kier alpha value is -1.09. The number of nitrogens with two attached hydrogens (primary N) is 1. The average Bonchev–Trinajstić information content (AvgIpc) is 2.17. The highest BCUT2D eigenvalue weighted by molar-refractivity contribution is 5.35. The molecule has 1 atom stereocenters. The third-order valence-corrected chi connectivity index (χ3v) is 2.58. The third kappa shape index (κ3) is 1.87. The van der Waals surface area contributed by atoms with Gasteiger partial charge >= 0.3 is 0 Å². The SMILES string of the molecule is NCCC1COc2ccc(F)cc2C1. The Balaban J connectivity index is 2.16. The summed E-state index contributed by atoms with van der Waals surface area (Å²) in [6.07, 6.45) is 1.82. The molecular formula is C11H14FNO. The number of hydrogen-bond acceptors (Lipinski definition) is 2. The molecular weight excluding hydrogens is 181 g/mol. The monoisotopic (exact) mass is 195 g/mol. The summed E-state index contributed by atoms with van der Waals surface area (Å²) in [6, 6.07) is 4.68. The van der Waals surface area contributed by atoms with Crippen LogP contribution in [0.1, 0.15) is 12.0 Å². The van der Waals surface area contributed by atoms with Gasteiger partial charge in [0.05, 0.1) is 6.61 Å². The second kappa shape index (κ2) is 3.96. The Morgan fingerprint density at radius 1 is 1.50 bits per heavy atom. The van der Waals surface area contributed by atoms with Gasteiger partial charge < -0.3 is 10.5 Å². The lowest BCUT2D eigenvalue weighted by Crippen LogP contribution is -2.23. The average molecular weight is 195 g/mol. The van der Waals surface area contributed by atoms with Crippen LogP contribution in [0.3, 0.4) is 0 Å². The highest BCUT2D eigenvalue weighted by atomic mass is 19.1. The normalized spacial score (nSPS) is 20.0. The Bertz CT molecular complexity index is 327. The van der Waals surface area contributed by atoms with Crippen LogP contribution >= 0.6 is 0 Å². The molecule has 76 valence electrons. The minimum atomic E-state index is -0.194.